The van der Waals surface area contributed by atoms with Crippen LogP contribution in [0.1, 0.15) is 29.8 Å². The fraction of sp³-hybridized carbons (Fsp3) is 0.263. The number of nitrogen functional groups attached to an aromatic ring is 1. The SMILES string of the molecule is Cc1cc(-c2ccc(C3(c4ncccc4F)CC(F)C3)nn2)cnc1N. The summed E-state index contributed by atoms with van der Waals surface area (Å²) in [6.07, 6.45) is 2.44. The van der Waals surface area contributed by atoms with Gasteiger partial charge in [-0.25, -0.2) is 13.8 Å². The first-order valence-corrected chi connectivity index (χ1v) is 8.31. The van der Waals surface area contributed by atoms with Gasteiger partial charge in [0.2, 0.25) is 0 Å². The zero-order valence-corrected chi connectivity index (χ0v) is 14.2. The molecule has 1 aliphatic rings. The number of pyridine rings is 2. The Balaban J connectivity index is 1.73. The van der Waals surface area contributed by atoms with Gasteiger partial charge in [0.15, 0.2) is 0 Å². The van der Waals surface area contributed by atoms with E-state index in [-0.39, 0.29) is 18.5 Å². The fourth-order valence-corrected chi connectivity index (χ4v) is 3.42. The maximum Gasteiger partial charge on any atom is 0.145 e. The van der Waals surface area contributed by atoms with Gasteiger partial charge >= 0.3 is 0 Å². The van der Waals surface area contributed by atoms with E-state index >= 15 is 0 Å². The molecule has 4 rings (SSSR count). The number of alkyl halides is 1. The Morgan fingerprint density at radius 2 is 1.96 bits per heavy atom. The van der Waals surface area contributed by atoms with Crippen LogP contribution in [0, 0.1) is 12.7 Å². The van der Waals surface area contributed by atoms with E-state index in [0.717, 1.165) is 11.1 Å². The third-order valence-corrected chi connectivity index (χ3v) is 4.92. The van der Waals surface area contributed by atoms with Crippen LogP contribution in [0.15, 0.2) is 42.7 Å². The van der Waals surface area contributed by atoms with E-state index in [1.165, 1.54) is 18.3 Å². The Kier molecular flexibility index (Phi) is 3.86. The van der Waals surface area contributed by atoms with Gasteiger partial charge in [-0.15, -0.1) is 0 Å². The number of anilines is 1. The average Bonchev–Trinajstić information content (AvgIpc) is 2.62. The Labute approximate surface area is 149 Å². The summed E-state index contributed by atoms with van der Waals surface area (Å²) in [6, 6.07) is 8.27. The summed E-state index contributed by atoms with van der Waals surface area (Å²) in [6.45, 7) is 1.86. The zero-order valence-electron chi connectivity index (χ0n) is 14.2. The molecule has 5 nitrogen and oxygen atoms in total. The molecule has 0 atom stereocenters. The molecule has 26 heavy (non-hydrogen) atoms. The zero-order chi connectivity index (χ0) is 18.3. The van der Waals surface area contributed by atoms with Gasteiger partial charge in [-0.2, -0.15) is 10.2 Å². The van der Waals surface area contributed by atoms with Crippen molar-refractivity contribution < 1.29 is 8.78 Å². The van der Waals surface area contributed by atoms with Gasteiger partial charge in [-0.3, -0.25) is 4.98 Å². The largest absolute Gasteiger partial charge is 0.383 e. The van der Waals surface area contributed by atoms with Crippen LogP contribution in [0.5, 0.6) is 0 Å². The summed E-state index contributed by atoms with van der Waals surface area (Å²) in [5.74, 6) is 0.00926. The molecule has 1 saturated carbocycles. The molecule has 0 radical (unpaired) electrons. The molecule has 1 fully saturated rings. The number of rotatable bonds is 3. The summed E-state index contributed by atoms with van der Waals surface area (Å²) in [7, 11) is 0. The van der Waals surface area contributed by atoms with Gasteiger partial charge < -0.3 is 5.73 Å². The highest BCUT2D eigenvalue weighted by molar-refractivity contribution is 5.61. The van der Waals surface area contributed by atoms with Gasteiger partial charge in [0.1, 0.15) is 17.8 Å². The minimum Gasteiger partial charge on any atom is -0.383 e. The standard InChI is InChI=1S/C19H17F2N5/c1-11-7-12(10-24-18(11)22)15-4-5-16(26-25-15)19(8-13(20)9-19)17-14(21)3-2-6-23-17/h2-7,10,13H,8-9H2,1H3,(H2,22,24). The molecule has 0 aliphatic heterocycles. The predicted molar refractivity (Wildman–Crippen MR) is 93.5 cm³/mol. The van der Waals surface area contributed by atoms with Crippen LogP contribution in [0.2, 0.25) is 0 Å². The first kappa shape index (κ1) is 16.5. The first-order valence-electron chi connectivity index (χ1n) is 8.31. The third-order valence-electron chi connectivity index (χ3n) is 4.92. The van der Waals surface area contributed by atoms with Crippen LogP contribution in [0.25, 0.3) is 11.3 Å². The lowest BCUT2D eigenvalue weighted by atomic mass is 9.63. The molecule has 0 unspecified atom stereocenters. The Bertz CT molecular complexity index is 952. The van der Waals surface area contributed by atoms with E-state index in [9.17, 15) is 8.78 Å². The van der Waals surface area contributed by atoms with Crippen molar-refractivity contribution in [1.29, 1.82) is 0 Å². The second-order valence-corrected chi connectivity index (χ2v) is 6.65. The molecule has 3 aromatic rings. The van der Waals surface area contributed by atoms with Gasteiger partial charge in [-0.1, -0.05) is 0 Å². The summed E-state index contributed by atoms with van der Waals surface area (Å²) in [4.78, 5) is 8.28. The molecule has 0 bridgehead atoms. The van der Waals surface area contributed by atoms with Crippen molar-refractivity contribution in [2.24, 2.45) is 0 Å². The molecule has 0 spiro atoms. The Morgan fingerprint density at radius 3 is 2.58 bits per heavy atom. The number of halogens is 2. The van der Waals surface area contributed by atoms with Crippen molar-refractivity contribution in [3.8, 4) is 11.3 Å². The lowest BCUT2D eigenvalue weighted by Gasteiger charge is -2.42. The van der Waals surface area contributed by atoms with Crippen molar-refractivity contribution in [1.82, 2.24) is 20.2 Å². The Morgan fingerprint density at radius 1 is 1.15 bits per heavy atom. The minimum absolute atomic E-state index is 0.150. The van der Waals surface area contributed by atoms with Gasteiger partial charge in [0, 0.05) is 18.0 Å². The molecule has 7 heteroatoms. The second-order valence-electron chi connectivity index (χ2n) is 6.65. The molecule has 132 valence electrons. The predicted octanol–water partition coefficient (Wildman–Crippen LogP) is 3.38. The van der Waals surface area contributed by atoms with Crippen molar-refractivity contribution in [2.45, 2.75) is 31.4 Å². The van der Waals surface area contributed by atoms with Crippen LogP contribution in [0.4, 0.5) is 14.6 Å². The monoisotopic (exact) mass is 353 g/mol. The van der Waals surface area contributed by atoms with Crippen LogP contribution >= 0.6 is 0 Å². The number of aromatic nitrogens is 4. The van der Waals surface area contributed by atoms with Gasteiger partial charge in [-0.05, 0) is 55.7 Å². The number of aryl methyl sites for hydroxylation is 1. The van der Waals surface area contributed by atoms with E-state index in [1.54, 1.807) is 18.3 Å². The van der Waals surface area contributed by atoms with Crippen LogP contribution in [-0.4, -0.2) is 26.3 Å². The molecule has 3 heterocycles. The van der Waals surface area contributed by atoms with E-state index in [1.807, 2.05) is 13.0 Å². The summed E-state index contributed by atoms with van der Waals surface area (Å²) >= 11 is 0. The number of nitrogens with zero attached hydrogens (tertiary/aromatic N) is 4. The molecule has 0 aromatic carbocycles. The molecular weight excluding hydrogens is 336 g/mol. The average molecular weight is 353 g/mol. The Hall–Kier alpha value is -2.96. The van der Waals surface area contributed by atoms with Crippen LogP contribution in [0.3, 0.4) is 0 Å². The second kappa shape index (κ2) is 6.09. The molecule has 0 saturated heterocycles. The highest BCUT2D eigenvalue weighted by Gasteiger charge is 2.51. The van der Waals surface area contributed by atoms with Gasteiger partial charge in [0.25, 0.3) is 0 Å². The lowest BCUT2D eigenvalue weighted by Crippen LogP contribution is -2.45. The lowest BCUT2D eigenvalue weighted by molar-refractivity contribution is 0.113. The molecule has 3 aromatic heterocycles. The minimum atomic E-state index is -0.998. The number of hydrogen-bond acceptors (Lipinski definition) is 5. The van der Waals surface area contributed by atoms with E-state index < -0.39 is 17.4 Å². The van der Waals surface area contributed by atoms with E-state index in [2.05, 4.69) is 20.2 Å². The quantitative estimate of drug-likeness (QED) is 0.781. The summed E-state index contributed by atoms with van der Waals surface area (Å²) in [5, 5.41) is 8.52. The van der Waals surface area contributed by atoms with E-state index in [4.69, 9.17) is 5.73 Å². The topological polar surface area (TPSA) is 77.6 Å². The summed E-state index contributed by atoms with van der Waals surface area (Å²) < 4.78 is 28.0. The van der Waals surface area contributed by atoms with Crippen molar-refractivity contribution in [2.75, 3.05) is 5.73 Å². The number of hydrogen-bond donors (Lipinski definition) is 1. The maximum absolute atomic E-state index is 14.3. The molecule has 1 aliphatic carbocycles. The molecule has 2 N–H and O–H groups in total. The van der Waals surface area contributed by atoms with E-state index in [0.29, 0.717) is 17.2 Å². The van der Waals surface area contributed by atoms with Crippen molar-refractivity contribution in [3.63, 3.8) is 0 Å². The third kappa shape index (κ3) is 2.60. The first-order chi connectivity index (χ1) is 12.5. The van der Waals surface area contributed by atoms with Crippen LogP contribution < -0.4 is 5.73 Å². The number of nitrogens with two attached hydrogens (primary N) is 1. The van der Waals surface area contributed by atoms with Crippen molar-refractivity contribution >= 4 is 5.82 Å². The van der Waals surface area contributed by atoms with Crippen molar-refractivity contribution in [3.05, 3.63) is 65.5 Å². The highest BCUT2D eigenvalue weighted by atomic mass is 19.1. The molecular formula is C19H17F2N5. The smallest absolute Gasteiger partial charge is 0.145 e. The maximum atomic E-state index is 14.3. The highest BCUT2D eigenvalue weighted by Crippen LogP contribution is 2.49. The fourth-order valence-electron chi connectivity index (χ4n) is 3.42. The van der Waals surface area contributed by atoms with Gasteiger partial charge in [0.05, 0.1) is 22.5 Å². The summed E-state index contributed by atoms with van der Waals surface area (Å²) in [5.41, 5.74) is 7.87. The molecule has 0 amide bonds. The van der Waals surface area contributed by atoms with Crippen LogP contribution in [-0.2, 0) is 5.41 Å². The normalized spacial score (nSPS) is 22.0.